The van der Waals surface area contributed by atoms with E-state index in [1.807, 2.05) is 0 Å². The van der Waals surface area contributed by atoms with Gasteiger partial charge in [-0.15, -0.1) is 0 Å². The third-order valence-electron chi connectivity index (χ3n) is 5.70. The Hall–Kier alpha value is -3.69. The lowest BCUT2D eigenvalue weighted by Gasteiger charge is -2.29. The Labute approximate surface area is 181 Å². The van der Waals surface area contributed by atoms with E-state index < -0.39 is 23.4 Å². The maximum absolute atomic E-state index is 14.4. The molecule has 10 heteroatoms. The summed E-state index contributed by atoms with van der Waals surface area (Å²) >= 11 is 0. The molecule has 4 rings (SSSR count). The molecule has 1 aromatic carbocycles. The number of alkyl halides is 2. The molecule has 1 saturated carbocycles. The van der Waals surface area contributed by atoms with Gasteiger partial charge in [-0.2, -0.15) is 8.78 Å². The molecule has 0 saturated heterocycles. The van der Waals surface area contributed by atoms with E-state index in [4.69, 9.17) is 5.73 Å². The number of fused-ring (bicyclic) bond motifs is 1. The summed E-state index contributed by atoms with van der Waals surface area (Å²) in [6.45, 7) is 0.0142. The number of amides is 2. The third kappa shape index (κ3) is 3.95. The molecule has 1 aliphatic heterocycles. The molecule has 0 spiro atoms. The molecule has 1 aliphatic carbocycles. The van der Waals surface area contributed by atoms with Gasteiger partial charge in [-0.3, -0.25) is 19.2 Å². The quantitative estimate of drug-likeness (QED) is 0.680. The van der Waals surface area contributed by atoms with Crippen LogP contribution in [-0.4, -0.2) is 39.3 Å². The van der Waals surface area contributed by atoms with Crippen molar-refractivity contribution in [3.8, 4) is 0 Å². The van der Waals surface area contributed by atoms with Gasteiger partial charge in [0.05, 0.1) is 12.5 Å². The summed E-state index contributed by atoms with van der Waals surface area (Å²) in [4.78, 5) is 53.6. The van der Waals surface area contributed by atoms with Crippen molar-refractivity contribution in [3.63, 3.8) is 0 Å². The van der Waals surface area contributed by atoms with Gasteiger partial charge < -0.3 is 16.0 Å². The van der Waals surface area contributed by atoms with E-state index >= 15 is 0 Å². The Balaban J connectivity index is 1.44. The first-order chi connectivity index (χ1) is 15.2. The molecule has 3 N–H and O–H groups in total. The zero-order chi connectivity index (χ0) is 23.0. The largest absolute Gasteiger partial charge is 0.384 e. The summed E-state index contributed by atoms with van der Waals surface area (Å²) in [5.41, 5.74) is 6.44. The molecule has 2 heterocycles. The van der Waals surface area contributed by atoms with Crippen LogP contribution in [0.1, 0.15) is 46.3 Å². The number of hydrogen-bond acceptors (Lipinski definition) is 6. The van der Waals surface area contributed by atoms with Crippen molar-refractivity contribution in [2.75, 3.05) is 5.73 Å². The number of nitrogen functional groups attached to an aromatic ring is 1. The van der Waals surface area contributed by atoms with Crippen LogP contribution in [0, 0.1) is 0 Å². The van der Waals surface area contributed by atoms with Gasteiger partial charge in [0.25, 0.3) is 11.8 Å². The number of benzene rings is 1. The number of ketones is 2. The fourth-order valence-electron chi connectivity index (χ4n) is 4.02. The van der Waals surface area contributed by atoms with Crippen LogP contribution < -0.4 is 11.1 Å². The van der Waals surface area contributed by atoms with Gasteiger partial charge in [0, 0.05) is 36.8 Å². The first kappa shape index (κ1) is 21.5. The molecule has 2 aromatic rings. The van der Waals surface area contributed by atoms with Gasteiger partial charge >= 0.3 is 5.92 Å². The van der Waals surface area contributed by atoms with E-state index in [9.17, 15) is 28.0 Å². The van der Waals surface area contributed by atoms with Crippen molar-refractivity contribution in [3.05, 3.63) is 58.8 Å². The number of pyridine rings is 1. The Morgan fingerprint density at radius 3 is 2.72 bits per heavy atom. The number of halogens is 2. The molecule has 1 atom stereocenters. The normalized spacial score (nSPS) is 18.6. The average molecular weight is 442 g/mol. The number of carbonyl (C=O) groups is 4. The molecule has 1 fully saturated rings. The minimum atomic E-state index is -3.79. The number of anilines is 1. The average Bonchev–Trinajstić information content (AvgIpc) is 3.07. The van der Waals surface area contributed by atoms with Crippen LogP contribution >= 0.6 is 0 Å². The van der Waals surface area contributed by atoms with Crippen LogP contribution in [0.2, 0.25) is 0 Å². The molecule has 32 heavy (non-hydrogen) atoms. The second-order valence-corrected chi connectivity index (χ2v) is 7.89. The minimum absolute atomic E-state index is 0.122. The second-order valence-electron chi connectivity index (χ2n) is 7.89. The predicted octanol–water partition coefficient (Wildman–Crippen LogP) is 1.72. The molecule has 2 amide bonds. The number of aromatic nitrogens is 1. The fraction of sp³-hybridized carbons (Fsp3) is 0.318. The first-order valence-corrected chi connectivity index (χ1v) is 10.0. The fourth-order valence-corrected chi connectivity index (χ4v) is 4.02. The van der Waals surface area contributed by atoms with E-state index in [2.05, 4.69) is 10.3 Å². The smallest absolute Gasteiger partial charge is 0.349 e. The van der Waals surface area contributed by atoms with Gasteiger partial charge in [-0.05, 0) is 35.7 Å². The van der Waals surface area contributed by atoms with E-state index in [-0.39, 0.29) is 49.2 Å². The first-order valence-electron chi connectivity index (χ1n) is 10.0. The van der Waals surface area contributed by atoms with Crippen molar-refractivity contribution < 1.29 is 28.0 Å². The Bertz CT molecular complexity index is 1130. The van der Waals surface area contributed by atoms with Crippen molar-refractivity contribution in [1.82, 2.24) is 15.2 Å². The lowest BCUT2D eigenvalue weighted by molar-refractivity contribution is -0.147. The summed E-state index contributed by atoms with van der Waals surface area (Å²) < 4.78 is 28.8. The van der Waals surface area contributed by atoms with Crippen molar-refractivity contribution in [1.29, 1.82) is 0 Å². The molecule has 0 radical (unpaired) electrons. The van der Waals surface area contributed by atoms with Crippen LogP contribution in [0.5, 0.6) is 0 Å². The summed E-state index contributed by atoms with van der Waals surface area (Å²) in [5.74, 6) is -6.10. The highest BCUT2D eigenvalue weighted by Gasteiger charge is 2.41. The second kappa shape index (κ2) is 8.10. The predicted molar refractivity (Wildman–Crippen MR) is 108 cm³/mol. The maximum atomic E-state index is 14.4. The molecule has 2 aliphatic rings. The maximum Gasteiger partial charge on any atom is 0.349 e. The minimum Gasteiger partial charge on any atom is -0.384 e. The van der Waals surface area contributed by atoms with Crippen molar-refractivity contribution >= 4 is 29.2 Å². The van der Waals surface area contributed by atoms with E-state index in [1.54, 1.807) is 18.2 Å². The summed E-state index contributed by atoms with van der Waals surface area (Å²) in [6.07, 6.45) is 1.49. The molecule has 1 unspecified atom stereocenters. The van der Waals surface area contributed by atoms with Crippen molar-refractivity contribution in [2.45, 2.75) is 44.3 Å². The van der Waals surface area contributed by atoms with Gasteiger partial charge in [-0.1, -0.05) is 12.1 Å². The topological polar surface area (TPSA) is 122 Å². The Morgan fingerprint density at radius 1 is 1.22 bits per heavy atom. The van der Waals surface area contributed by atoms with Crippen LogP contribution in [0.3, 0.4) is 0 Å². The molecular weight excluding hydrogens is 422 g/mol. The number of nitrogens with one attached hydrogen (secondary N) is 1. The standard InChI is InChI=1S/C22H20F2N4O4/c23-22(24,14-5-6-26-19(25)8-14)21(32)27-10-12-1-3-16-13(7-12)11-28(20(16)31)17-4-2-15(29)9-18(17)30/h1,3,5-8,17H,2,4,9-11H2,(H2,25,26)(H,27,32). The lowest BCUT2D eigenvalue weighted by atomic mass is 9.92. The molecule has 8 nitrogen and oxygen atoms in total. The number of rotatable bonds is 5. The van der Waals surface area contributed by atoms with Gasteiger partial charge in [0.15, 0.2) is 5.78 Å². The Kier molecular flexibility index (Phi) is 5.45. The molecule has 166 valence electrons. The summed E-state index contributed by atoms with van der Waals surface area (Å²) in [6, 6.07) is 6.09. The van der Waals surface area contributed by atoms with E-state index in [0.717, 1.165) is 18.3 Å². The van der Waals surface area contributed by atoms with Gasteiger partial charge in [0.1, 0.15) is 11.6 Å². The molecular formula is C22H20F2N4O4. The summed E-state index contributed by atoms with van der Waals surface area (Å²) in [5, 5.41) is 2.21. The number of nitrogens with two attached hydrogens (primary N) is 1. The lowest BCUT2D eigenvalue weighted by Crippen LogP contribution is -2.44. The van der Waals surface area contributed by atoms with E-state index in [1.165, 1.54) is 4.90 Å². The van der Waals surface area contributed by atoms with Crippen LogP contribution in [-0.2, 0) is 33.4 Å². The SMILES string of the molecule is Nc1cc(C(F)(F)C(=O)NCc2ccc3c(c2)CN(C2CCC(=O)CC2=O)C3=O)ccn1. The number of nitrogens with zero attached hydrogens (tertiary/aromatic N) is 2. The van der Waals surface area contributed by atoms with Crippen molar-refractivity contribution in [2.24, 2.45) is 0 Å². The monoisotopic (exact) mass is 442 g/mol. The number of carbonyl (C=O) groups excluding carboxylic acids is 4. The third-order valence-corrected chi connectivity index (χ3v) is 5.70. The van der Waals surface area contributed by atoms with Gasteiger partial charge in [-0.25, -0.2) is 4.98 Å². The highest BCUT2D eigenvalue weighted by Crippen LogP contribution is 2.31. The van der Waals surface area contributed by atoms with Crippen LogP contribution in [0.25, 0.3) is 0 Å². The molecule has 1 aromatic heterocycles. The highest BCUT2D eigenvalue weighted by molar-refractivity contribution is 6.07. The number of hydrogen-bond donors (Lipinski definition) is 2. The zero-order valence-electron chi connectivity index (χ0n) is 16.9. The summed E-state index contributed by atoms with van der Waals surface area (Å²) in [7, 11) is 0. The van der Waals surface area contributed by atoms with Crippen LogP contribution in [0.4, 0.5) is 14.6 Å². The van der Waals surface area contributed by atoms with Gasteiger partial charge in [0.2, 0.25) is 0 Å². The Morgan fingerprint density at radius 2 is 2.00 bits per heavy atom. The highest BCUT2D eigenvalue weighted by atomic mass is 19.3. The van der Waals surface area contributed by atoms with Crippen LogP contribution in [0.15, 0.2) is 36.5 Å². The zero-order valence-corrected chi connectivity index (χ0v) is 16.9. The number of Topliss-reactive ketones (excluding diaryl/α,β-unsaturated/α-hetero) is 2. The van der Waals surface area contributed by atoms with E-state index in [0.29, 0.717) is 23.1 Å². The molecule has 0 bridgehead atoms.